The van der Waals surface area contributed by atoms with Gasteiger partial charge in [0.25, 0.3) is 0 Å². The van der Waals surface area contributed by atoms with Crippen molar-refractivity contribution in [2.24, 2.45) is 0 Å². The van der Waals surface area contributed by atoms with Crippen LogP contribution in [0.4, 0.5) is 5.82 Å². The molecule has 24 heavy (non-hydrogen) atoms. The molecular formula is C13H16N5O4PS. The smallest absolute Gasteiger partial charge is 0.327 e. The highest BCUT2D eigenvalue weighted by Crippen LogP contribution is 2.56. The van der Waals surface area contributed by atoms with Gasteiger partial charge in [-0.15, -0.1) is 6.58 Å². The summed E-state index contributed by atoms with van der Waals surface area (Å²) in [7, 11) is 0. The van der Waals surface area contributed by atoms with Crippen molar-refractivity contribution in [2.75, 3.05) is 18.9 Å². The zero-order valence-electron chi connectivity index (χ0n) is 12.6. The number of hydrogen-bond donors (Lipinski definition) is 1. The van der Waals surface area contributed by atoms with E-state index in [-0.39, 0.29) is 18.4 Å². The second-order valence-electron chi connectivity index (χ2n) is 5.42. The van der Waals surface area contributed by atoms with Crippen LogP contribution in [-0.2, 0) is 30.1 Å². The zero-order valence-corrected chi connectivity index (χ0v) is 14.4. The lowest BCUT2D eigenvalue weighted by molar-refractivity contribution is -0.0603. The Balaban J connectivity index is 1.55. The lowest BCUT2D eigenvalue weighted by atomic mass is 10.2. The number of anilines is 1. The number of fused-ring (bicyclic) bond motifs is 2. The maximum atomic E-state index is 6.02. The van der Waals surface area contributed by atoms with Crippen LogP contribution in [0.25, 0.3) is 11.2 Å². The molecule has 2 aromatic rings. The van der Waals surface area contributed by atoms with Gasteiger partial charge in [-0.25, -0.2) is 15.0 Å². The molecule has 2 saturated heterocycles. The van der Waals surface area contributed by atoms with E-state index in [2.05, 4.69) is 21.5 Å². The van der Waals surface area contributed by atoms with Crippen molar-refractivity contribution < 1.29 is 18.3 Å². The first kappa shape index (κ1) is 16.1. The molecule has 0 aliphatic carbocycles. The highest BCUT2D eigenvalue weighted by atomic mass is 32.5. The van der Waals surface area contributed by atoms with Gasteiger partial charge in [0.05, 0.1) is 25.6 Å². The second kappa shape index (κ2) is 6.14. The number of nitrogen functional groups attached to an aromatic ring is 1. The van der Waals surface area contributed by atoms with Crippen molar-refractivity contribution in [3.8, 4) is 0 Å². The maximum absolute atomic E-state index is 6.02. The monoisotopic (exact) mass is 369 g/mol. The molecule has 4 rings (SSSR count). The van der Waals surface area contributed by atoms with Gasteiger partial charge >= 0.3 is 6.72 Å². The molecule has 2 fully saturated rings. The summed E-state index contributed by atoms with van der Waals surface area (Å²) in [5.74, 6) is 0.335. The quantitative estimate of drug-likeness (QED) is 0.634. The molecule has 2 N–H and O–H groups in total. The number of nitrogens with zero attached hydrogens (tertiary/aromatic N) is 4. The van der Waals surface area contributed by atoms with Gasteiger partial charge in [-0.2, -0.15) is 0 Å². The average molecular weight is 369 g/mol. The third-order valence-electron chi connectivity index (χ3n) is 3.89. The van der Waals surface area contributed by atoms with Crippen molar-refractivity contribution in [1.82, 2.24) is 19.5 Å². The van der Waals surface area contributed by atoms with E-state index in [1.807, 2.05) is 4.57 Å². The minimum absolute atomic E-state index is 0.198. The third-order valence-corrected chi connectivity index (χ3v) is 6.24. The van der Waals surface area contributed by atoms with Crippen LogP contribution < -0.4 is 5.73 Å². The van der Waals surface area contributed by atoms with Crippen LogP contribution in [0.1, 0.15) is 12.6 Å². The normalized spacial score (nSPS) is 32.8. The van der Waals surface area contributed by atoms with Crippen molar-refractivity contribution in [2.45, 2.75) is 24.9 Å². The molecular weight excluding hydrogens is 353 g/mol. The fraction of sp³-hybridized carbons (Fsp3) is 0.462. The number of rotatable bonds is 4. The van der Waals surface area contributed by atoms with Crippen LogP contribution in [0, 0.1) is 0 Å². The molecule has 0 radical (unpaired) electrons. The van der Waals surface area contributed by atoms with E-state index in [1.54, 1.807) is 12.4 Å². The molecule has 0 spiro atoms. The standard InChI is InChI=1S/C13H16N5O4PS/c1-2-3-19-23(24)20-5-9-8(22-23)4-10(21-9)18-7-17-11-12(14)15-6-16-13(11)18/h2,6-10H,1,3-5H2,(H2,14,15,16)/t8?,9-,10-,23?/m1/s1. The molecule has 9 nitrogen and oxygen atoms in total. The predicted molar refractivity (Wildman–Crippen MR) is 89.5 cm³/mol. The van der Waals surface area contributed by atoms with Crippen LogP contribution in [0.15, 0.2) is 25.3 Å². The van der Waals surface area contributed by atoms with Gasteiger partial charge < -0.3 is 24.0 Å². The zero-order chi connectivity index (χ0) is 16.7. The molecule has 0 saturated carbocycles. The van der Waals surface area contributed by atoms with Crippen molar-refractivity contribution in [3.63, 3.8) is 0 Å². The summed E-state index contributed by atoms with van der Waals surface area (Å²) < 4.78 is 24.8. The Morgan fingerprint density at radius 2 is 2.33 bits per heavy atom. The first-order valence-corrected chi connectivity index (χ1v) is 9.92. The lowest BCUT2D eigenvalue weighted by Crippen LogP contribution is -2.33. The van der Waals surface area contributed by atoms with Gasteiger partial charge in [0.2, 0.25) is 0 Å². The van der Waals surface area contributed by atoms with Gasteiger partial charge in [0.15, 0.2) is 11.5 Å². The molecule has 0 aromatic carbocycles. The second-order valence-corrected chi connectivity index (χ2v) is 8.38. The average Bonchev–Trinajstić information content (AvgIpc) is 3.17. The molecule has 128 valence electrons. The Bertz CT molecular complexity index is 830. The number of hydrogen-bond acceptors (Lipinski definition) is 9. The van der Waals surface area contributed by atoms with Crippen LogP contribution in [0.5, 0.6) is 0 Å². The lowest BCUT2D eigenvalue weighted by Gasteiger charge is -2.32. The van der Waals surface area contributed by atoms with E-state index in [0.717, 1.165) is 0 Å². The third kappa shape index (κ3) is 2.75. The summed E-state index contributed by atoms with van der Waals surface area (Å²) in [6.07, 6.45) is 4.56. The van der Waals surface area contributed by atoms with E-state index < -0.39 is 6.72 Å². The van der Waals surface area contributed by atoms with Gasteiger partial charge in [-0.1, -0.05) is 6.08 Å². The Kier molecular flexibility index (Phi) is 4.11. The molecule has 0 amide bonds. The summed E-state index contributed by atoms with van der Waals surface area (Å²) in [4.78, 5) is 12.4. The van der Waals surface area contributed by atoms with Crippen LogP contribution in [0.2, 0.25) is 0 Å². The van der Waals surface area contributed by atoms with Crippen molar-refractivity contribution in [3.05, 3.63) is 25.3 Å². The van der Waals surface area contributed by atoms with Crippen molar-refractivity contribution in [1.29, 1.82) is 0 Å². The molecule has 2 aromatic heterocycles. The Morgan fingerprint density at radius 1 is 1.46 bits per heavy atom. The van der Waals surface area contributed by atoms with Gasteiger partial charge in [0, 0.05) is 6.42 Å². The summed E-state index contributed by atoms with van der Waals surface area (Å²) >= 11 is 5.36. The number of ether oxygens (including phenoxy) is 1. The number of nitrogens with two attached hydrogens (primary N) is 1. The Morgan fingerprint density at radius 3 is 3.17 bits per heavy atom. The maximum Gasteiger partial charge on any atom is 0.327 e. The summed E-state index contributed by atoms with van der Waals surface area (Å²) in [6, 6.07) is 0. The minimum Gasteiger partial charge on any atom is -0.382 e. The molecule has 4 heterocycles. The van der Waals surface area contributed by atoms with Crippen LogP contribution in [0.3, 0.4) is 0 Å². The van der Waals surface area contributed by atoms with Gasteiger partial charge in [0.1, 0.15) is 24.2 Å². The van der Waals surface area contributed by atoms with E-state index in [9.17, 15) is 0 Å². The van der Waals surface area contributed by atoms with Gasteiger partial charge in [-0.05, 0) is 11.8 Å². The van der Waals surface area contributed by atoms with E-state index >= 15 is 0 Å². The molecule has 11 heteroatoms. The predicted octanol–water partition coefficient (Wildman–Crippen LogP) is 1.54. The largest absolute Gasteiger partial charge is 0.382 e. The van der Waals surface area contributed by atoms with Gasteiger partial charge in [-0.3, -0.25) is 4.57 Å². The topological polar surface area (TPSA) is 107 Å². The Labute approximate surface area is 143 Å². The number of aromatic nitrogens is 4. The highest BCUT2D eigenvalue weighted by molar-refractivity contribution is 8.07. The first-order valence-electron chi connectivity index (χ1n) is 7.36. The first-order chi connectivity index (χ1) is 11.6. The van der Waals surface area contributed by atoms with Crippen LogP contribution in [-0.4, -0.2) is 44.9 Å². The SMILES string of the molecule is C=CCOP1(=S)OC[C@H]2O[C@@H](n3cnc4c(N)ncnc43)CC2O1. The number of imidazole rings is 1. The summed E-state index contributed by atoms with van der Waals surface area (Å²) in [6.45, 7) is 1.48. The minimum atomic E-state index is -2.75. The molecule has 2 aliphatic heterocycles. The molecule has 2 unspecified atom stereocenters. The summed E-state index contributed by atoms with van der Waals surface area (Å²) in [5, 5.41) is 0. The van der Waals surface area contributed by atoms with E-state index in [0.29, 0.717) is 36.6 Å². The molecule has 4 atom stereocenters. The molecule has 0 bridgehead atoms. The van der Waals surface area contributed by atoms with E-state index in [1.165, 1.54) is 6.33 Å². The summed E-state index contributed by atoms with van der Waals surface area (Å²) in [5.41, 5.74) is 6.99. The molecule has 2 aliphatic rings. The highest BCUT2D eigenvalue weighted by Gasteiger charge is 2.45. The van der Waals surface area contributed by atoms with Crippen molar-refractivity contribution >= 4 is 35.5 Å². The Hall–Kier alpha value is -1.42. The fourth-order valence-corrected chi connectivity index (χ4v) is 4.85. The fourth-order valence-electron chi connectivity index (χ4n) is 2.79. The van der Waals surface area contributed by atoms with E-state index in [4.69, 9.17) is 35.8 Å². The van der Waals surface area contributed by atoms with Crippen LogP contribution >= 0.6 is 6.72 Å².